The molecule has 1 amide bonds. The third kappa shape index (κ3) is 2.69. The van der Waals surface area contributed by atoms with Gasteiger partial charge in [0.2, 0.25) is 0 Å². The highest BCUT2D eigenvalue weighted by molar-refractivity contribution is 5.94. The molecular formula is C17H23FN2O. The lowest BCUT2D eigenvalue weighted by Gasteiger charge is -2.46. The van der Waals surface area contributed by atoms with Crippen LogP contribution in [0.5, 0.6) is 0 Å². The van der Waals surface area contributed by atoms with E-state index >= 15 is 0 Å². The van der Waals surface area contributed by atoms with Crippen LogP contribution in [0.15, 0.2) is 18.2 Å². The first kappa shape index (κ1) is 14.5. The Labute approximate surface area is 125 Å². The molecule has 3 rings (SSSR count). The van der Waals surface area contributed by atoms with Crippen molar-refractivity contribution in [3.05, 3.63) is 35.1 Å². The van der Waals surface area contributed by atoms with Crippen LogP contribution >= 0.6 is 0 Å². The lowest BCUT2D eigenvalue weighted by molar-refractivity contribution is 0.0314. The maximum atomic E-state index is 14.1. The molecule has 2 fully saturated rings. The van der Waals surface area contributed by atoms with Crippen molar-refractivity contribution < 1.29 is 9.18 Å². The third-order valence-corrected chi connectivity index (χ3v) is 5.06. The van der Waals surface area contributed by atoms with Crippen LogP contribution in [0.1, 0.15) is 35.2 Å². The van der Waals surface area contributed by atoms with E-state index in [1.165, 1.54) is 12.8 Å². The van der Waals surface area contributed by atoms with E-state index < -0.39 is 0 Å². The van der Waals surface area contributed by atoms with Crippen LogP contribution in [-0.2, 0) is 0 Å². The predicted molar refractivity (Wildman–Crippen MR) is 80.8 cm³/mol. The van der Waals surface area contributed by atoms with Gasteiger partial charge in [-0.2, -0.15) is 0 Å². The van der Waals surface area contributed by atoms with Gasteiger partial charge in [0.05, 0.1) is 5.56 Å². The van der Waals surface area contributed by atoms with Crippen molar-refractivity contribution in [2.24, 2.45) is 5.92 Å². The fourth-order valence-electron chi connectivity index (χ4n) is 3.82. The van der Waals surface area contributed by atoms with Gasteiger partial charge in [-0.25, -0.2) is 4.39 Å². The molecule has 2 saturated heterocycles. The van der Waals surface area contributed by atoms with Gasteiger partial charge in [0.15, 0.2) is 0 Å². The summed E-state index contributed by atoms with van der Waals surface area (Å²) in [7, 11) is 2.18. The van der Waals surface area contributed by atoms with E-state index in [-0.39, 0.29) is 17.3 Å². The van der Waals surface area contributed by atoms with Gasteiger partial charge in [0.1, 0.15) is 5.82 Å². The molecule has 4 heteroatoms. The lowest BCUT2D eigenvalue weighted by atomic mass is 9.84. The van der Waals surface area contributed by atoms with E-state index in [2.05, 4.69) is 11.9 Å². The van der Waals surface area contributed by atoms with Gasteiger partial charge in [0.25, 0.3) is 5.91 Å². The number of rotatable bonds is 1. The number of fused-ring (bicyclic) bond motifs is 1. The van der Waals surface area contributed by atoms with Gasteiger partial charge in [-0.05, 0) is 57.3 Å². The predicted octanol–water partition coefficient (Wildman–Crippen LogP) is 2.69. The Morgan fingerprint density at radius 2 is 2.10 bits per heavy atom. The van der Waals surface area contributed by atoms with Crippen molar-refractivity contribution in [2.45, 2.75) is 32.2 Å². The van der Waals surface area contributed by atoms with Crippen LogP contribution in [0, 0.1) is 18.7 Å². The number of hydrogen-bond acceptors (Lipinski definition) is 2. The summed E-state index contributed by atoms with van der Waals surface area (Å²) in [5.41, 5.74) is 0.755. The van der Waals surface area contributed by atoms with Crippen molar-refractivity contribution >= 4 is 5.91 Å². The minimum absolute atomic E-state index is 0.150. The first-order valence-corrected chi connectivity index (χ1v) is 7.82. The van der Waals surface area contributed by atoms with Gasteiger partial charge in [-0.1, -0.05) is 12.1 Å². The number of carbonyl (C=O) groups excluding carboxylic acids is 1. The molecule has 2 aliphatic heterocycles. The summed E-state index contributed by atoms with van der Waals surface area (Å²) in [4.78, 5) is 16.9. The number of piperidine rings is 2. The molecule has 3 nitrogen and oxygen atoms in total. The van der Waals surface area contributed by atoms with Crippen molar-refractivity contribution in [1.29, 1.82) is 0 Å². The Morgan fingerprint density at radius 1 is 1.29 bits per heavy atom. The molecule has 2 heterocycles. The average Bonchev–Trinajstić information content (AvgIpc) is 2.49. The minimum atomic E-state index is -0.370. The smallest absolute Gasteiger partial charge is 0.256 e. The Hall–Kier alpha value is -1.42. The maximum Gasteiger partial charge on any atom is 0.256 e. The second kappa shape index (κ2) is 5.76. The number of aryl methyl sites for hydroxylation is 1. The molecule has 1 aromatic carbocycles. The van der Waals surface area contributed by atoms with Crippen LogP contribution in [-0.4, -0.2) is 48.4 Å². The van der Waals surface area contributed by atoms with Crippen molar-refractivity contribution in [3.8, 4) is 0 Å². The SMILES string of the molecule is Cc1cccc(C(=O)N2CCC3C(CCCN3C)C2)c1F. The summed E-state index contributed by atoms with van der Waals surface area (Å²) in [6, 6.07) is 5.65. The molecule has 0 radical (unpaired) electrons. The fraction of sp³-hybridized carbons (Fsp3) is 0.588. The Balaban J connectivity index is 1.76. The second-order valence-corrected chi connectivity index (χ2v) is 6.43. The summed E-state index contributed by atoms with van der Waals surface area (Å²) < 4.78 is 14.1. The monoisotopic (exact) mass is 290 g/mol. The molecule has 0 aromatic heterocycles. The van der Waals surface area contributed by atoms with Gasteiger partial charge in [0, 0.05) is 19.1 Å². The molecule has 2 aliphatic rings. The molecule has 21 heavy (non-hydrogen) atoms. The molecule has 0 bridgehead atoms. The normalized spacial score (nSPS) is 26.5. The number of likely N-dealkylation sites (tertiary alicyclic amines) is 2. The second-order valence-electron chi connectivity index (χ2n) is 6.43. The first-order valence-electron chi connectivity index (χ1n) is 7.82. The number of amides is 1. The zero-order valence-electron chi connectivity index (χ0n) is 12.8. The molecule has 0 saturated carbocycles. The van der Waals surface area contributed by atoms with E-state index in [4.69, 9.17) is 0 Å². The highest BCUT2D eigenvalue weighted by atomic mass is 19.1. The number of carbonyl (C=O) groups is 1. The standard InChI is InChI=1S/C17H23FN2O/c1-12-5-3-7-14(16(12)18)17(21)20-10-8-15-13(11-20)6-4-9-19(15)2/h3,5,7,13,15H,4,6,8-11H2,1-2H3. The van der Waals surface area contributed by atoms with Crippen LogP contribution in [0.4, 0.5) is 4.39 Å². The van der Waals surface area contributed by atoms with E-state index in [1.54, 1.807) is 25.1 Å². The Kier molecular flexibility index (Phi) is 3.98. The molecule has 2 atom stereocenters. The summed E-state index contributed by atoms with van der Waals surface area (Å²) in [5, 5.41) is 0. The molecular weight excluding hydrogens is 267 g/mol. The van der Waals surface area contributed by atoms with Crippen LogP contribution in [0.2, 0.25) is 0 Å². The zero-order chi connectivity index (χ0) is 15.0. The van der Waals surface area contributed by atoms with E-state index in [0.29, 0.717) is 17.5 Å². The number of hydrogen-bond donors (Lipinski definition) is 0. The maximum absolute atomic E-state index is 14.1. The molecule has 114 valence electrons. The van der Waals surface area contributed by atoms with Crippen molar-refractivity contribution in [2.75, 3.05) is 26.7 Å². The quantitative estimate of drug-likeness (QED) is 0.794. The topological polar surface area (TPSA) is 23.6 Å². The number of halogens is 1. The summed E-state index contributed by atoms with van der Waals surface area (Å²) >= 11 is 0. The third-order valence-electron chi connectivity index (χ3n) is 5.06. The summed E-state index contributed by atoms with van der Waals surface area (Å²) in [6.45, 7) is 4.36. The molecule has 0 aliphatic carbocycles. The van der Waals surface area contributed by atoms with E-state index in [0.717, 1.165) is 26.1 Å². The molecule has 0 N–H and O–H groups in total. The fourth-order valence-corrected chi connectivity index (χ4v) is 3.82. The van der Waals surface area contributed by atoms with Crippen LogP contribution in [0.25, 0.3) is 0 Å². The van der Waals surface area contributed by atoms with Gasteiger partial charge >= 0.3 is 0 Å². The van der Waals surface area contributed by atoms with Gasteiger partial charge in [-0.3, -0.25) is 4.79 Å². The zero-order valence-corrected chi connectivity index (χ0v) is 12.8. The van der Waals surface area contributed by atoms with Crippen LogP contribution < -0.4 is 0 Å². The number of benzene rings is 1. The summed E-state index contributed by atoms with van der Waals surface area (Å²) in [6.07, 6.45) is 3.37. The molecule has 0 spiro atoms. The minimum Gasteiger partial charge on any atom is -0.338 e. The highest BCUT2D eigenvalue weighted by Crippen LogP contribution is 2.30. The van der Waals surface area contributed by atoms with Crippen molar-refractivity contribution in [3.63, 3.8) is 0 Å². The van der Waals surface area contributed by atoms with E-state index in [1.807, 2.05) is 4.90 Å². The largest absolute Gasteiger partial charge is 0.338 e. The Morgan fingerprint density at radius 3 is 2.90 bits per heavy atom. The first-order chi connectivity index (χ1) is 10.1. The van der Waals surface area contributed by atoms with E-state index in [9.17, 15) is 9.18 Å². The van der Waals surface area contributed by atoms with Gasteiger partial charge < -0.3 is 9.80 Å². The van der Waals surface area contributed by atoms with Crippen LogP contribution in [0.3, 0.4) is 0 Å². The summed E-state index contributed by atoms with van der Waals surface area (Å²) in [5.74, 6) is 0.0163. The van der Waals surface area contributed by atoms with Crippen molar-refractivity contribution in [1.82, 2.24) is 9.80 Å². The molecule has 1 aromatic rings. The average molecular weight is 290 g/mol. The molecule has 2 unspecified atom stereocenters. The van der Waals surface area contributed by atoms with Gasteiger partial charge in [-0.15, -0.1) is 0 Å². The Bertz CT molecular complexity index is 546. The lowest BCUT2D eigenvalue weighted by Crippen LogP contribution is -2.54. The highest BCUT2D eigenvalue weighted by Gasteiger charge is 2.36. The number of nitrogens with zero attached hydrogens (tertiary/aromatic N) is 2.